The van der Waals surface area contributed by atoms with Crippen molar-refractivity contribution in [2.45, 2.75) is 77.5 Å². The highest BCUT2D eigenvalue weighted by Crippen LogP contribution is 2.36. The molecule has 14 heteroatoms. The van der Waals surface area contributed by atoms with Gasteiger partial charge in [-0.2, -0.15) is 0 Å². The maximum absolute atomic E-state index is 13.7. The van der Waals surface area contributed by atoms with Crippen LogP contribution in [0.1, 0.15) is 77.1 Å². The number of carbonyl (C=O) groups excluding carboxylic acids is 4. The first-order chi connectivity index (χ1) is 28.9. The van der Waals surface area contributed by atoms with Crippen LogP contribution in [0, 0.1) is 11.8 Å². The zero-order chi connectivity index (χ0) is 42.2. The first-order valence-corrected chi connectivity index (χ1v) is 20.8. The van der Waals surface area contributed by atoms with E-state index in [-0.39, 0.29) is 35.7 Å². The summed E-state index contributed by atoms with van der Waals surface area (Å²) >= 11 is 0. The number of methoxy groups -OCH3 is 2. The number of alkyl carbamates (subject to hydrolysis) is 2. The van der Waals surface area contributed by atoms with Crippen LogP contribution in [0.5, 0.6) is 0 Å². The van der Waals surface area contributed by atoms with Crippen LogP contribution in [-0.4, -0.2) is 93.1 Å². The normalized spacial score (nSPS) is 17.8. The van der Waals surface area contributed by atoms with E-state index in [1.165, 1.54) is 14.2 Å². The molecule has 2 fully saturated rings. The van der Waals surface area contributed by atoms with Gasteiger partial charge in [0.05, 0.1) is 48.4 Å². The SMILES string of the molecule is COC(=O)N[C@H](C(=O)N1CCC[C@@H]1c1nc2ccc(-c3ccc4cc(-c5ccc6nc([C@@H]7CCCN7C(=O)[C@@H](NC(=O)OC)C(C)C)[nH]c6c5)ccc4c3)cc2[nH]1)C(C)C. The zero-order valence-electron chi connectivity index (χ0n) is 34.9. The highest BCUT2D eigenvalue weighted by atomic mass is 16.5. The van der Waals surface area contributed by atoms with Crippen LogP contribution in [0.2, 0.25) is 0 Å². The van der Waals surface area contributed by atoms with Crippen LogP contribution in [0.15, 0.2) is 72.8 Å². The predicted molar refractivity (Wildman–Crippen MR) is 230 cm³/mol. The fraction of sp³-hybridized carbons (Fsp3) is 0.391. The molecule has 312 valence electrons. The van der Waals surface area contributed by atoms with Gasteiger partial charge < -0.3 is 39.9 Å². The number of hydrogen-bond acceptors (Lipinski definition) is 8. The third-order valence-corrected chi connectivity index (χ3v) is 12.0. The Morgan fingerprint density at radius 1 is 0.600 bits per heavy atom. The first-order valence-electron chi connectivity index (χ1n) is 20.8. The summed E-state index contributed by atoms with van der Waals surface area (Å²) in [4.78, 5) is 71.8. The lowest BCUT2D eigenvalue weighted by Gasteiger charge is -2.29. The van der Waals surface area contributed by atoms with Gasteiger partial charge in [-0.05, 0) is 107 Å². The number of aromatic nitrogens is 4. The summed E-state index contributed by atoms with van der Waals surface area (Å²) in [6.45, 7) is 8.82. The van der Waals surface area contributed by atoms with Gasteiger partial charge in [-0.25, -0.2) is 19.6 Å². The molecule has 4 N–H and O–H groups in total. The number of fused-ring (bicyclic) bond motifs is 3. The van der Waals surface area contributed by atoms with Crippen LogP contribution >= 0.6 is 0 Å². The van der Waals surface area contributed by atoms with E-state index in [1.807, 2.05) is 49.6 Å². The maximum Gasteiger partial charge on any atom is 0.407 e. The Morgan fingerprint density at radius 2 is 0.983 bits per heavy atom. The molecule has 0 saturated carbocycles. The fourth-order valence-corrected chi connectivity index (χ4v) is 8.72. The molecule has 0 unspecified atom stereocenters. The second-order valence-electron chi connectivity index (χ2n) is 16.6. The second-order valence-corrected chi connectivity index (χ2v) is 16.6. The van der Waals surface area contributed by atoms with E-state index in [0.29, 0.717) is 13.1 Å². The number of rotatable bonds is 10. The molecule has 8 rings (SSSR count). The summed E-state index contributed by atoms with van der Waals surface area (Å²) in [5, 5.41) is 7.65. The molecule has 2 aliphatic heterocycles. The minimum Gasteiger partial charge on any atom is -0.453 e. The third-order valence-electron chi connectivity index (χ3n) is 12.0. The average Bonchev–Trinajstić information content (AvgIpc) is 4.08. The Labute approximate surface area is 348 Å². The van der Waals surface area contributed by atoms with Crippen LogP contribution < -0.4 is 10.6 Å². The molecule has 4 aromatic carbocycles. The van der Waals surface area contributed by atoms with E-state index >= 15 is 0 Å². The number of benzene rings is 4. The van der Waals surface area contributed by atoms with Crippen molar-refractivity contribution in [2.75, 3.05) is 27.3 Å². The van der Waals surface area contributed by atoms with Crippen molar-refractivity contribution in [1.29, 1.82) is 0 Å². The molecule has 60 heavy (non-hydrogen) atoms. The third kappa shape index (κ3) is 7.85. The first kappa shape index (κ1) is 40.3. The van der Waals surface area contributed by atoms with E-state index in [2.05, 4.69) is 81.3 Å². The molecule has 4 amide bonds. The molecule has 14 nitrogen and oxygen atoms in total. The van der Waals surface area contributed by atoms with Gasteiger partial charge in [-0.1, -0.05) is 64.1 Å². The summed E-state index contributed by atoms with van der Waals surface area (Å²) < 4.78 is 9.56. The summed E-state index contributed by atoms with van der Waals surface area (Å²) in [6, 6.07) is 23.5. The molecule has 0 spiro atoms. The van der Waals surface area contributed by atoms with Crippen molar-refractivity contribution in [2.24, 2.45) is 11.8 Å². The van der Waals surface area contributed by atoms with Crippen molar-refractivity contribution in [1.82, 2.24) is 40.4 Å². The largest absolute Gasteiger partial charge is 0.453 e. The lowest BCUT2D eigenvalue weighted by Crippen LogP contribution is -2.51. The Hall–Kier alpha value is -6.44. The average molecular weight is 813 g/mol. The van der Waals surface area contributed by atoms with Gasteiger partial charge in [0, 0.05) is 13.1 Å². The number of H-pyrrole nitrogens is 2. The molecule has 4 heterocycles. The van der Waals surface area contributed by atoms with E-state index < -0.39 is 24.3 Å². The second kappa shape index (κ2) is 16.7. The summed E-state index contributed by atoms with van der Waals surface area (Å²) in [7, 11) is 2.59. The van der Waals surface area contributed by atoms with Gasteiger partial charge in [0.2, 0.25) is 11.8 Å². The lowest BCUT2D eigenvalue weighted by molar-refractivity contribution is -0.136. The molecular formula is C46H52N8O6. The van der Waals surface area contributed by atoms with Crippen LogP contribution in [0.3, 0.4) is 0 Å². The van der Waals surface area contributed by atoms with E-state index in [0.717, 1.165) is 92.4 Å². The monoisotopic (exact) mass is 812 g/mol. The quantitative estimate of drug-likeness (QED) is 0.108. The number of nitrogens with one attached hydrogen (secondary N) is 4. The number of imidazole rings is 2. The van der Waals surface area contributed by atoms with E-state index in [4.69, 9.17) is 19.4 Å². The Morgan fingerprint density at radius 3 is 1.37 bits per heavy atom. The maximum atomic E-state index is 13.7. The van der Waals surface area contributed by atoms with Crippen LogP contribution in [0.25, 0.3) is 55.1 Å². The molecule has 2 saturated heterocycles. The molecule has 0 radical (unpaired) electrons. The topological polar surface area (TPSA) is 175 Å². The minimum absolute atomic E-state index is 0.108. The van der Waals surface area contributed by atoms with Crippen LogP contribution in [-0.2, 0) is 19.1 Å². The van der Waals surface area contributed by atoms with Crippen LogP contribution in [0.4, 0.5) is 9.59 Å². The highest BCUT2D eigenvalue weighted by molar-refractivity contribution is 5.93. The number of aromatic amines is 2. The number of likely N-dealkylation sites (tertiary alicyclic amines) is 2. The van der Waals surface area contributed by atoms with Gasteiger partial charge in [0.1, 0.15) is 23.7 Å². The fourth-order valence-electron chi connectivity index (χ4n) is 8.72. The molecular weight excluding hydrogens is 761 g/mol. The molecule has 2 aliphatic rings. The Balaban J connectivity index is 0.993. The number of carbonyl (C=O) groups is 4. The minimum atomic E-state index is -0.692. The summed E-state index contributed by atoms with van der Waals surface area (Å²) in [5.41, 5.74) is 7.69. The van der Waals surface area contributed by atoms with Crippen molar-refractivity contribution < 1.29 is 28.7 Å². The molecule has 0 aliphatic carbocycles. The number of ether oxygens (including phenoxy) is 2. The molecule has 6 aromatic rings. The number of amides is 4. The number of nitrogens with zero attached hydrogens (tertiary/aromatic N) is 4. The van der Waals surface area contributed by atoms with Gasteiger partial charge in [0.25, 0.3) is 0 Å². The van der Waals surface area contributed by atoms with E-state index in [9.17, 15) is 19.2 Å². The number of hydrogen-bond donors (Lipinski definition) is 4. The lowest BCUT2D eigenvalue weighted by atomic mass is 9.97. The van der Waals surface area contributed by atoms with Gasteiger partial charge in [0.15, 0.2) is 0 Å². The van der Waals surface area contributed by atoms with Gasteiger partial charge in [-0.3, -0.25) is 9.59 Å². The van der Waals surface area contributed by atoms with E-state index in [1.54, 1.807) is 0 Å². The molecule has 4 atom stereocenters. The smallest absolute Gasteiger partial charge is 0.407 e. The predicted octanol–water partition coefficient (Wildman–Crippen LogP) is 8.01. The summed E-state index contributed by atoms with van der Waals surface area (Å²) in [5.74, 6) is 0.992. The van der Waals surface area contributed by atoms with Gasteiger partial charge in [-0.15, -0.1) is 0 Å². The van der Waals surface area contributed by atoms with Crippen molar-refractivity contribution in [3.8, 4) is 22.3 Å². The highest BCUT2D eigenvalue weighted by Gasteiger charge is 2.39. The van der Waals surface area contributed by atoms with Gasteiger partial charge >= 0.3 is 12.2 Å². The Bertz CT molecular complexity index is 2420. The molecule has 0 bridgehead atoms. The Kier molecular flexibility index (Phi) is 11.2. The summed E-state index contributed by atoms with van der Waals surface area (Å²) in [6.07, 6.45) is 2.01. The van der Waals surface area contributed by atoms with Crippen molar-refractivity contribution in [3.63, 3.8) is 0 Å². The standard InChI is InChI=1S/C46H52N8O6/c1-25(2)39(51-45(57)59-5)43(55)53-19-7-9-37(53)41-47-33-17-15-31(23-35(33)49-41)29-13-11-28-22-30(14-12-27(28)21-29)32-16-18-34-36(24-32)50-42(48-34)38-10-8-20-54(38)44(56)40(26(3)4)52-46(58)60-6/h11-18,21-26,37-40H,7-10,19-20H2,1-6H3,(H,47,49)(H,48,50)(H,51,57)(H,52,58)/t37-,38+,39-,40-/m0/s1. The van der Waals surface area contributed by atoms with Crippen molar-refractivity contribution in [3.05, 3.63) is 84.4 Å². The zero-order valence-corrected chi connectivity index (χ0v) is 34.9. The molecule has 2 aromatic heterocycles. The van der Waals surface area contributed by atoms with Crippen molar-refractivity contribution >= 4 is 56.8 Å².